The number of hydrogen-bond acceptors (Lipinski definition) is 2. The van der Waals surface area contributed by atoms with Crippen LogP contribution in [0.1, 0.15) is 0 Å². The molecule has 0 amide bonds. The summed E-state index contributed by atoms with van der Waals surface area (Å²) >= 11 is 1.86. The Balaban J connectivity index is 1.39. The predicted molar refractivity (Wildman–Crippen MR) is 211 cm³/mol. The molecule has 10 aromatic rings. The van der Waals surface area contributed by atoms with Crippen LogP contribution < -0.4 is 4.90 Å². The van der Waals surface area contributed by atoms with Crippen LogP contribution in [0.25, 0.3) is 69.6 Å². The molecule has 2 heterocycles. The minimum Gasteiger partial charge on any atom is -0.310 e. The summed E-state index contributed by atoms with van der Waals surface area (Å²) in [6, 6.07) is 66.2. The summed E-state index contributed by atoms with van der Waals surface area (Å²) in [4.78, 5) is 2.46. The summed E-state index contributed by atoms with van der Waals surface area (Å²) in [5.74, 6) is 0. The highest BCUT2D eigenvalue weighted by Gasteiger charge is 2.25. The quantitative estimate of drug-likeness (QED) is 0.181. The van der Waals surface area contributed by atoms with Gasteiger partial charge in [-0.15, -0.1) is 11.3 Å². The van der Waals surface area contributed by atoms with E-state index in [4.69, 9.17) is 0 Å². The van der Waals surface area contributed by atoms with Gasteiger partial charge in [-0.2, -0.15) is 0 Å². The molecule has 8 aromatic carbocycles. The van der Waals surface area contributed by atoms with E-state index in [-0.39, 0.29) is 0 Å². The Kier molecular flexibility index (Phi) is 6.39. The predicted octanol–water partition coefficient (Wildman–Crippen LogP) is 13.4. The maximum atomic E-state index is 2.50. The van der Waals surface area contributed by atoms with Gasteiger partial charge in [-0.1, -0.05) is 127 Å². The lowest BCUT2D eigenvalue weighted by atomic mass is 9.99. The first-order valence-corrected chi connectivity index (χ1v) is 17.5. The fraction of sp³-hybridized carbons (Fsp3) is 0. The monoisotopic (exact) mass is 642 g/mol. The minimum atomic E-state index is 1.12. The zero-order valence-corrected chi connectivity index (χ0v) is 27.4. The smallest absolute Gasteiger partial charge is 0.0640 e. The highest BCUT2D eigenvalue weighted by atomic mass is 32.1. The number of para-hydroxylation sites is 3. The molecule has 0 saturated carbocycles. The van der Waals surface area contributed by atoms with Crippen molar-refractivity contribution in [3.63, 3.8) is 0 Å². The van der Waals surface area contributed by atoms with Crippen molar-refractivity contribution in [2.45, 2.75) is 0 Å². The van der Waals surface area contributed by atoms with Crippen LogP contribution in [0.15, 0.2) is 182 Å². The van der Waals surface area contributed by atoms with Gasteiger partial charge >= 0.3 is 0 Å². The third kappa shape index (κ3) is 4.40. The van der Waals surface area contributed by atoms with Gasteiger partial charge in [0.15, 0.2) is 0 Å². The first-order valence-electron chi connectivity index (χ1n) is 16.7. The van der Waals surface area contributed by atoms with Crippen LogP contribution in [0.2, 0.25) is 0 Å². The molecule has 49 heavy (non-hydrogen) atoms. The summed E-state index contributed by atoms with van der Waals surface area (Å²) in [7, 11) is 0. The van der Waals surface area contributed by atoms with Gasteiger partial charge in [0.05, 0.1) is 16.7 Å². The molecule has 0 fully saturated rings. The third-order valence-electron chi connectivity index (χ3n) is 9.73. The molecule has 0 bridgehead atoms. The van der Waals surface area contributed by atoms with E-state index in [1.165, 1.54) is 63.9 Å². The first kappa shape index (κ1) is 27.9. The van der Waals surface area contributed by atoms with E-state index in [9.17, 15) is 0 Å². The largest absolute Gasteiger partial charge is 0.310 e. The van der Waals surface area contributed by atoms with Crippen LogP contribution in [0, 0.1) is 0 Å². The zero-order chi connectivity index (χ0) is 32.3. The van der Waals surface area contributed by atoms with Gasteiger partial charge in [0.2, 0.25) is 0 Å². The molecule has 0 aliphatic rings. The molecule has 0 N–H and O–H groups in total. The molecular weight excluding hydrogens is 613 g/mol. The lowest BCUT2D eigenvalue weighted by molar-refractivity contribution is 1.19. The first-order chi connectivity index (χ1) is 24.3. The average Bonchev–Trinajstić information content (AvgIpc) is 3.72. The second-order valence-corrected chi connectivity index (χ2v) is 13.6. The number of anilines is 3. The number of thiophene rings is 1. The maximum Gasteiger partial charge on any atom is 0.0640 e. The van der Waals surface area contributed by atoms with Crippen LogP contribution in [-0.4, -0.2) is 4.57 Å². The summed E-state index contributed by atoms with van der Waals surface area (Å²) in [6.45, 7) is 0. The molecule has 2 aromatic heterocycles. The fourth-order valence-electron chi connectivity index (χ4n) is 7.63. The van der Waals surface area contributed by atoms with Gasteiger partial charge in [-0.25, -0.2) is 0 Å². The number of aromatic nitrogens is 1. The normalized spacial score (nSPS) is 11.7. The molecule has 0 aliphatic carbocycles. The van der Waals surface area contributed by atoms with Crippen LogP contribution in [0.3, 0.4) is 0 Å². The van der Waals surface area contributed by atoms with Gasteiger partial charge in [0.1, 0.15) is 0 Å². The van der Waals surface area contributed by atoms with Crippen molar-refractivity contribution in [3.05, 3.63) is 182 Å². The summed E-state index contributed by atoms with van der Waals surface area (Å²) in [5, 5.41) is 7.48. The lowest BCUT2D eigenvalue weighted by Gasteiger charge is -2.27. The molecule has 0 saturated heterocycles. The Morgan fingerprint density at radius 1 is 0.429 bits per heavy atom. The second-order valence-electron chi connectivity index (χ2n) is 12.5. The van der Waals surface area contributed by atoms with Crippen LogP contribution >= 0.6 is 11.3 Å². The Hall–Kier alpha value is -6.16. The maximum absolute atomic E-state index is 2.50. The van der Waals surface area contributed by atoms with E-state index in [0.717, 1.165) is 22.7 Å². The molecule has 0 aliphatic heterocycles. The number of hydrogen-bond donors (Lipinski definition) is 0. The van der Waals surface area contributed by atoms with Gasteiger partial charge in [-0.3, -0.25) is 0 Å². The molecule has 0 radical (unpaired) electrons. The van der Waals surface area contributed by atoms with Crippen LogP contribution in [0.4, 0.5) is 17.1 Å². The van der Waals surface area contributed by atoms with Gasteiger partial charge < -0.3 is 9.47 Å². The molecular formula is C46H30N2S. The number of benzene rings is 8. The van der Waals surface area contributed by atoms with E-state index in [1.54, 1.807) is 0 Å². The van der Waals surface area contributed by atoms with Crippen molar-refractivity contribution in [3.8, 4) is 16.8 Å². The molecule has 3 heteroatoms. The lowest BCUT2D eigenvalue weighted by Crippen LogP contribution is -2.10. The average molecular weight is 643 g/mol. The molecule has 2 nitrogen and oxygen atoms in total. The zero-order valence-electron chi connectivity index (χ0n) is 26.6. The number of nitrogens with zero attached hydrogens (tertiary/aromatic N) is 2. The summed E-state index contributed by atoms with van der Waals surface area (Å²) in [5.41, 5.74) is 9.39. The van der Waals surface area contributed by atoms with E-state index in [1.807, 2.05) is 11.3 Å². The highest BCUT2D eigenvalue weighted by molar-refractivity contribution is 7.25. The fourth-order valence-corrected chi connectivity index (χ4v) is 8.72. The van der Waals surface area contributed by atoms with Crippen LogP contribution in [-0.2, 0) is 0 Å². The van der Waals surface area contributed by atoms with Crippen molar-refractivity contribution < 1.29 is 0 Å². The number of rotatable bonds is 5. The van der Waals surface area contributed by atoms with E-state index in [2.05, 4.69) is 191 Å². The van der Waals surface area contributed by atoms with E-state index in [0.29, 0.717) is 0 Å². The highest BCUT2D eigenvalue weighted by Crippen LogP contribution is 2.49. The number of fused-ring (bicyclic) bond motifs is 8. The van der Waals surface area contributed by atoms with Gasteiger partial charge in [0, 0.05) is 59.0 Å². The Morgan fingerprint density at radius 3 is 1.90 bits per heavy atom. The van der Waals surface area contributed by atoms with E-state index >= 15 is 0 Å². The van der Waals surface area contributed by atoms with Gasteiger partial charge in [0.25, 0.3) is 0 Å². The van der Waals surface area contributed by atoms with Crippen LogP contribution in [0.5, 0.6) is 0 Å². The SMILES string of the molecule is c1ccc(-c2cccc3c4c(N(c5ccccc5)c5ccc6sc7ccccc7c6c5)cc5ccccc5c4n(-c4ccccc4)c23)cc1. The third-order valence-corrected chi connectivity index (χ3v) is 10.9. The molecule has 0 atom stereocenters. The van der Waals surface area contributed by atoms with Gasteiger partial charge in [-0.05, 0) is 65.5 Å². The van der Waals surface area contributed by atoms with Crippen molar-refractivity contribution in [2.75, 3.05) is 4.90 Å². The molecule has 0 unspecified atom stereocenters. The Bertz CT molecular complexity index is 2810. The van der Waals surface area contributed by atoms with E-state index < -0.39 is 0 Å². The second kappa shape index (κ2) is 11.2. The molecule has 0 spiro atoms. The standard InChI is InChI=1S/C46H30N2S/c1-4-15-31(16-5-1)36-24-14-25-39-44-41(29-32-17-10-11-22-37(32)46(44)48(45(36)39)34-20-8-3-9-21-34)47(33-18-6-2-7-19-33)35-27-28-43-40(30-35)38-23-12-13-26-42(38)49-43/h1-30H. The minimum absolute atomic E-state index is 1.12. The molecule has 230 valence electrons. The Labute approximate surface area is 288 Å². The summed E-state index contributed by atoms with van der Waals surface area (Å²) in [6.07, 6.45) is 0. The van der Waals surface area contributed by atoms with Crippen molar-refractivity contribution in [1.29, 1.82) is 0 Å². The molecule has 10 rings (SSSR count). The van der Waals surface area contributed by atoms with Crippen molar-refractivity contribution in [1.82, 2.24) is 4.57 Å². The van der Waals surface area contributed by atoms with Crippen molar-refractivity contribution in [2.24, 2.45) is 0 Å². The summed E-state index contributed by atoms with van der Waals surface area (Å²) < 4.78 is 5.11. The Morgan fingerprint density at radius 2 is 1.08 bits per heavy atom. The van der Waals surface area contributed by atoms with Crippen molar-refractivity contribution >= 4 is 81.1 Å². The topological polar surface area (TPSA) is 8.17 Å².